The van der Waals surface area contributed by atoms with E-state index in [0.29, 0.717) is 12.6 Å². The monoisotopic (exact) mass is 190 g/mol. The number of hydrogen-bond donors (Lipinski definition) is 0. The summed E-state index contributed by atoms with van der Waals surface area (Å²) in [6.45, 7) is 2.56. The summed E-state index contributed by atoms with van der Waals surface area (Å²) < 4.78 is 25.8. The van der Waals surface area contributed by atoms with Gasteiger partial charge in [-0.3, -0.25) is 4.90 Å². The Morgan fingerprint density at radius 1 is 1.31 bits per heavy atom. The molecule has 2 aliphatic heterocycles. The Hall–Kier alpha value is -0.220. The van der Waals surface area contributed by atoms with E-state index >= 15 is 0 Å². The minimum Gasteiger partial charge on any atom is -0.305 e. The number of alkyl halides is 2. The van der Waals surface area contributed by atoms with Gasteiger partial charge < -0.3 is 4.90 Å². The molecule has 0 aromatic rings. The van der Waals surface area contributed by atoms with Gasteiger partial charge in [0.15, 0.2) is 0 Å². The molecule has 0 unspecified atom stereocenters. The predicted octanol–water partition coefficient (Wildman–Crippen LogP) is 1.03. The lowest BCUT2D eigenvalue weighted by Gasteiger charge is -2.22. The zero-order valence-electron chi connectivity index (χ0n) is 7.97. The van der Waals surface area contributed by atoms with Crippen molar-refractivity contribution in [1.82, 2.24) is 9.80 Å². The zero-order chi connectivity index (χ0) is 9.47. The minimum atomic E-state index is -2.43. The summed E-state index contributed by atoms with van der Waals surface area (Å²) in [4.78, 5) is 4.16. The quantitative estimate of drug-likeness (QED) is 0.609. The smallest absolute Gasteiger partial charge is 0.261 e. The van der Waals surface area contributed by atoms with Crippen LogP contribution in [0.15, 0.2) is 0 Å². The largest absolute Gasteiger partial charge is 0.305 e. The summed E-state index contributed by atoms with van der Waals surface area (Å²) in [7, 11) is 2.05. The van der Waals surface area contributed by atoms with E-state index in [-0.39, 0.29) is 13.0 Å². The predicted molar refractivity (Wildman–Crippen MR) is 47.0 cm³/mol. The van der Waals surface area contributed by atoms with E-state index in [2.05, 4.69) is 4.90 Å². The van der Waals surface area contributed by atoms with Crippen LogP contribution in [-0.2, 0) is 0 Å². The summed E-state index contributed by atoms with van der Waals surface area (Å²) in [5, 5.41) is 0. The van der Waals surface area contributed by atoms with Crippen LogP contribution in [0.25, 0.3) is 0 Å². The molecule has 2 fully saturated rings. The van der Waals surface area contributed by atoms with E-state index < -0.39 is 5.92 Å². The van der Waals surface area contributed by atoms with Gasteiger partial charge >= 0.3 is 0 Å². The fourth-order valence-corrected chi connectivity index (χ4v) is 2.28. The third-order valence-corrected chi connectivity index (χ3v) is 3.08. The maximum absolute atomic E-state index is 12.9. The van der Waals surface area contributed by atoms with E-state index in [1.165, 1.54) is 0 Å². The molecular weight excluding hydrogens is 174 g/mol. The molecule has 4 heteroatoms. The van der Waals surface area contributed by atoms with Crippen molar-refractivity contribution in [2.24, 2.45) is 0 Å². The molecule has 0 aromatic carbocycles. The lowest BCUT2D eigenvalue weighted by atomic mass is 10.2. The maximum atomic E-state index is 12.9. The molecule has 2 nitrogen and oxygen atoms in total. The molecule has 76 valence electrons. The van der Waals surface area contributed by atoms with Crippen molar-refractivity contribution in [2.45, 2.75) is 24.8 Å². The molecule has 2 heterocycles. The van der Waals surface area contributed by atoms with Crippen LogP contribution in [-0.4, -0.2) is 55.0 Å². The summed E-state index contributed by atoms with van der Waals surface area (Å²) in [6.07, 6.45) is 1.10. The summed E-state index contributed by atoms with van der Waals surface area (Å²) >= 11 is 0. The van der Waals surface area contributed by atoms with Gasteiger partial charge in [0.2, 0.25) is 0 Å². The molecule has 0 bridgehead atoms. The van der Waals surface area contributed by atoms with Crippen LogP contribution in [0.1, 0.15) is 12.8 Å². The first kappa shape index (κ1) is 9.34. The molecule has 2 saturated heterocycles. The van der Waals surface area contributed by atoms with Gasteiger partial charge in [0, 0.05) is 25.6 Å². The molecular formula is C9H16F2N2. The molecule has 0 N–H and O–H groups in total. The molecule has 0 aliphatic carbocycles. The average molecular weight is 190 g/mol. The van der Waals surface area contributed by atoms with Gasteiger partial charge in [-0.05, 0) is 20.0 Å². The average Bonchev–Trinajstić information content (AvgIpc) is 2.56. The van der Waals surface area contributed by atoms with Crippen LogP contribution >= 0.6 is 0 Å². The number of rotatable bonds is 1. The molecule has 0 radical (unpaired) electrons. The van der Waals surface area contributed by atoms with Crippen LogP contribution in [0.5, 0.6) is 0 Å². The molecule has 2 rings (SSSR count). The Kier molecular flexibility index (Phi) is 2.28. The van der Waals surface area contributed by atoms with Gasteiger partial charge in [-0.2, -0.15) is 0 Å². The lowest BCUT2D eigenvalue weighted by Crippen LogP contribution is -2.36. The number of halogens is 2. The SMILES string of the molecule is CN1CC[C@H](N2CCC(F)(F)C2)C1. The van der Waals surface area contributed by atoms with Gasteiger partial charge in [0.25, 0.3) is 5.92 Å². The van der Waals surface area contributed by atoms with Gasteiger partial charge in [-0.1, -0.05) is 0 Å². The summed E-state index contributed by atoms with van der Waals surface area (Å²) in [5.74, 6) is -2.43. The van der Waals surface area contributed by atoms with E-state index in [1.54, 1.807) is 0 Å². The molecule has 0 aromatic heterocycles. The highest BCUT2D eigenvalue weighted by Gasteiger charge is 2.41. The van der Waals surface area contributed by atoms with E-state index in [1.807, 2.05) is 11.9 Å². The molecule has 0 saturated carbocycles. The third kappa shape index (κ3) is 1.99. The van der Waals surface area contributed by atoms with Crippen LogP contribution in [0.3, 0.4) is 0 Å². The Morgan fingerprint density at radius 3 is 2.54 bits per heavy atom. The summed E-state index contributed by atoms with van der Waals surface area (Å²) in [5.41, 5.74) is 0. The molecule has 2 aliphatic rings. The normalized spacial score (nSPS) is 35.8. The van der Waals surface area contributed by atoms with Gasteiger partial charge in [-0.25, -0.2) is 8.78 Å². The highest BCUT2D eigenvalue weighted by molar-refractivity contribution is 4.90. The Labute approximate surface area is 77.5 Å². The standard InChI is InChI=1S/C9H16F2N2/c1-12-4-2-8(6-12)13-5-3-9(10,11)7-13/h8H,2-7H2,1H3/t8-/m0/s1. The number of likely N-dealkylation sites (N-methyl/N-ethyl adjacent to an activating group) is 1. The van der Waals surface area contributed by atoms with Crippen LogP contribution in [0, 0.1) is 0 Å². The first-order valence-corrected chi connectivity index (χ1v) is 4.87. The van der Waals surface area contributed by atoms with E-state index in [0.717, 1.165) is 19.5 Å². The second-order valence-electron chi connectivity index (χ2n) is 4.28. The number of likely N-dealkylation sites (tertiary alicyclic amines) is 2. The number of hydrogen-bond acceptors (Lipinski definition) is 2. The molecule has 1 atom stereocenters. The highest BCUT2D eigenvalue weighted by Crippen LogP contribution is 2.30. The maximum Gasteiger partial charge on any atom is 0.261 e. The van der Waals surface area contributed by atoms with Crippen LogP contribution < -0.4 is 0 Å². The molecule has 13 heavy (non-hydrogen) atoms. The second kappa shape index (κ2) is 3.17. The molecule has 0 spiro atoms. The first-order chi connectivity index (χ1) is 6.07. The third-order valence-electron chi connectivity index (χ3n) is 3.08. The van der Waals surface area contributed by atoms with Crippen LogP contribution in [0.4, 0.5) is 8.78 Å². The Balaban J connectivity index is 1.89. The van der Waals surface area contributed by atoms with Gasteiger partial charge in [0.1, 0.15) is 0 Å². The van der Waals surface area contributed by atoms with Crippen molar-refractivity contribution in [3.05, 3.63) is 0 Å². The van der Waals surface area contributed by atoms with E-state index in [9.17, 15) is 8.78 Å². The summed E-state index contributed by atoms with van der Waals surface area (Å²) in [6, 6.07) is 0.373. The first-order valence-electron chi connectivity index (χ1n) is 4.87. The fraction of sp³-hybridized carbons (Fsp3) is 1.00. The van der Waals surface area contributed by atoms with Crippen molar-refractivity contribution in [3.63, 3.8) is 0 Å². The number of nitrogens with zero attached hydrogens (tertiary/aromatic N) is 2. The van der Waals surface area contributed by atoms with Crippen molar-refractivity contribution in [3.8, 4) is 0 Å². The van der Waals surface area contributed by atoms with Crippen molar-refractivity contribution in [2.75, 3.05) is 33.2 Å². The topological polar surface area (TPSA) is 6.48 Å². The zero-order valence-corrected chi connectivity index (χ0v) is 7.97. The minimum absolute atomic E-state index is 0.0223. The highest BCUT2D eigenvalue weighted by atomic mass is 19.3. The second-order valence-corrected chi connectivity index (χ2v) is 4.28. The molecule has 0 amide bonds. The van der Waals surface area contributed by atoms with Crippen molar-refractivity contribution >= 4 is 0 Å². The van der Waals surface area contributed by atoms with Gasteiger partial charge in [0.05, 0.1) is 6.54 Å². The van der Waals surface area contributed by atoms with Crippen molar-refractivity contribution < 1.29 is 8.78 Å². The Bertz CT molecular complexity index is 196. The van der Waals surface area contributed by atoms with E-state index in [4.69, 9.17) is 0 Å². The Morgan fingerprint density at radius 2 is 2.08 bits per heavy atom. The lowest BCUT2D eigenvalue weighted by molar-refractivity contribution is 0.00814. The van der Waals surface area contributed by atoms with Gasteiger partial charge in [-0.15, -0.1) is 0 Å². The fourth-order valence-electron chi connectivity index (χ4n) is 2.28. The van der Waals surface area contributed by atoms with Crippen molar-refractivity contribution in [1.29, 1.82) is 0 Å². The van der Waals surface area contributed by atoms with Crippen LogP contribution in [0.2, 0.25) is 0 Å².